The highest BCUT2D eigenvalue weighted by molar-refractivity contribution is 7.80. The molecule has 0 spiro atoms. The van der Waals surface area contributed by atoms with Gasteiger partial charge in [-0.3, -0.25) is 0 Å². The summed E-state index contributed by atoms with van der Waals surface area (Å²) in [6.45, 7) is 0.229. The van der Waals surface area contributed by atoms with E-state index >= 15 is 0 Å². The molecule has 0 aliphatic carbocycles. The number of fused-ring (bicyclic) bond motifs is 1. The summed E-state index contributed by atoms with van der Waals surface area (Å²) >= 11 is 11.0. The molecule has 2 aromatic rings. The van der Waals surface area contributed by atoms with Crippen LogP contribution >= 0.6 is 23.8 Å². The van der Waals surface area contributed by atoms with Crippen LogP contribution in [-0.2, 0) is 0 Å². The Hall–Kier alpha value is -1.98. The lowest BCUT2D eigenvalue weighted by Crippen LogP contribution is -2.09. The Kier molecular flexibility index (Phi) is 3.38. The van der Waals surface area contributed by atoms with Gasteiger partial charge in [0.15, 0.2) is 11.5 Å². The van der Waals surface area contributed by atoms with Crippen LogP contribution < -0.4 is 19.9 Å². The second-order valence-electron chi connectivity index (χ2n) is 4.12. The van der Waals surface area contributed by atoms with Crippen molar-refractivity contribution in [3.05, 3.63) is 47.0 Å². The summed E-state index contributed by atoms with van der Waals surface area (Å²) in [7, 11) is 0. The number of rotatable bonds is 3. The first-order chi connectivity index (χ1) is 9.63. The van der Waals surface area contributed by atoms with Crippen LogP contribution in [0.4, 0.5) is 0 Å². The van der Waals surface area contributed by atoms with E-state index in [2.05, 4.69) is 0 Å². The fraction of sp³-hybridized carbons (Fsp3) is 0.0714. The highest BCUT2D eigenvalue weighted by atomic mass is 35.5. The first-order valence-electron chi connectivity index (χ1n) is 5.80. The van der Waals surface area contributed by atoms with Crippen molar-refractivity contribution in [1.82, 2.24) is 0 Å². The normalized spacial score (nSPS) is 12.2. The van der Waals surface area contributed by atoms with Crippen LogP contribution in [-0.4, -0.2) is 11.8 Å². The highest BCUT2D eigenvalue weighted by Crippen LogP contribution is 2.37. The third-order valence-electron chi connectivity index (χ3n) is 2.79. The standard InChI is InChI=1S/C14H10ClNO3S/c15-11-5-8(1-3-10(11)14(16)20)19-9-2-4-12-13(6-9)18-7-17-12/h1-6H,7H2,(H2,16,20). The van der Waals surface area contributed by atoms with Crippen molar-refractivity contribution in [2.75, 3.05) is 6.79 Å². The van der Waals surface area contributed by atoms with Crippen molar-refractivity contribution in [3.8, 4) is 23.0 Å². The first kappa shape index (κ1) is 13.0. The van der Waals surface area contributed by atoms with Crippen molar-refractivity contribution in [2.24, 2.45) is 5.73 Å². The first-order valence-corrected chi connectivity index (χ1v) is 6.59. The van der Waals surface area contributed by atoms with Crippen LogP contribution in [0.5, 0.6) is 23.0 Å². The molecule has 6 heteroatoms. The molecule has 20 heavy (non-hydrogen) atoms. The number of ether oxygens (including phenoxy) is 3. The molecule has 1 aliphatic rings. The van der Waals surface area contributed by atoms with E-state index in [1.807, 2.05) is 0 Å². The quantitative estimate of drug-likeness (QED) is 0.880. The third-order valence-corrected chi connectivity index (χ3v) is 3.32. The zero-order valence-electron chi connectivity index (χ0n) is 10.3. The molecule has 0 bridgehead atoms. The molecule has 102 valence electrons. The lowest BCUT2D eigenvalue weighted by atomic mass is 10.2. The number of benzene rings is 2. The molecule has 3 rings (SSSR count). The molecule has 2 N–H and O–H groups in total. The molecule has 0 unspecified atom stereocenters. The molecule has 1 heterocycles. The third kappa shape index (κ3) is 2.50. The maximum absolute atomic E-state index is 6.09. The predicted octanol–water partition coefficient (Wildman–Crippen LogP) is 3.50. The van der Waals surface area contributed by atoms with E-state index in [0.29, 0.717) is 33.6 Å². The monoisotopic (exact) mass is 307 g/mol. The zero-order valence-corrected chi connectivity index (χ0v) is 11.8. The fourth-order valence-corrected chi connectivity index (χ4v) is 2.34. The van der Waals surface area contributed by atoms with Crippen molar-refractivity contribution >= 4 is 28.8 Å². The van der Waals surface area contributed by atoms with Gasteiger partial charge in [-0.1, -0.05) is 23.8 Å². The minimum Gasteiger partial charge on any atom is -0.457 e. The maximum Gasteiger partial charge on any atom is 0.231 e. The largest absolute Gasteiger partial charge is 0.457 e. The van der Waals surface area contributed by atoms with E-state index in [-0.39, 0.29) is 11.8 Å². The van der Waals surface area contributed by atoms with E-state index in [0.717, 1.165) is 0 Å². The minimum atomic E-state index is 0.229. The highest BCUT2D eigenvalue weighted by Gasteiger charge is 2.14. The molecule has 0 saturated heterocycles. The van der Waals surface area contributed by atoms with E-state index in [9.17, 15) is 0 Å². The van der Waals surface area contributed by atoms with Gasteiger partial charge in [0.05, 0.1) is 5.02 Å². The summed E-state index contributed by atoms with van der Waals surface area (Å²) in [6.07, 6.45) is 0. The molecule has 0 fully saturated rings. The van der Waals surface area contributed by atoms with Gasteiger partial charge < -0.3 is 19.9 Å². The molecule has 2 aromatic carbocycles. The second kappa shape index (κ2) is 5.19. The minimum absolute atomic E-state index is 0.229. The molecule has 0 aromatic heterocycles. The molecular weight excluding hydrogens is 298 g/mol. The van der Waals surface area contributed by atoms with Gasteiger partial charge in [-0.25, -0.2) is 0 Å². The van der Waals surface area contributed by atoms with Gasteiger partial charge in [0.1, 0.15) is 16.5 Å². The Morgan fingerprint density at radius 1 is 1.10 bits per heavy atom. The Bertz CT molecular complexity index is 690. The van der Waals surface area contributed by atoms with Crippen LogP contribution in [0.2, 0.25) is 5.02 Å². The van der Waals surface area contributed by atoms with Crippen molar-refractivity contribution < 1.29 is 14.2 Å². The van der Waals surface area contributed by atoms with Crippen LogP contribution in [0.15, 0.2) is 36.4 Å². The van der Waals surface area contributed by atoms with Crippen LogP contribution in [0.25, 0.3) is 0 Å². The van der Waals surface area contributed by atoms with Gasteiger partial charge in [0.2, 0.25) is 6.79 Å². The van der Waals surface area contributed by atoms with Gasteiger partial charge in [0, 0.05) is 17.7 Å². The van der Waals surface area contributed by atoms with E-state index < -0.39 is 0 Å². The molecule has 4 nitrogen and oxygen atoms in total. The lowest BCUT2D eigenvalue weighted by molar-refractivity contribution is 0.174. The molecule has 1 aliphatic heterocycles. The van der Waals surface area contributed by atoms with Crippen molar-refractivity contribution in [2.45, 2.75) is 0 Å². The van der Waals surface area contributed by atoms with Gasteiger partial charge in [-0.15, -0.1) is 0 Å². The van der Waals surface area contributed by atoms with E-state index in [1.54, 1.807) is 36.4 Å². The topological polar surface area (TPSA) is 53.7 Å². The molecule has 0 radical (unpaired) electrons. The van der Waals surface area contributed by atoms with Gasteiger partial charge >= 0.3 is 0 Å². The Labute approximate surface area is 126 Å². The SMILES string of the molecule is NC(=S)c1ccc(Oc2ccc3c(c2)OCO3)cc1Cl. The number of hydrogen-bond donors (Lipinski definition) is 1. The Morgan fingerprint density at radius 2 is 1.80 bits per heavy atom. The molecule has 0 saturated carbocycles. The molecule has 0 atom stereocenters. The maximum atomic E-state index is 6.09. The summed E-state index contributed by atoms with van der Waals surface area (Å²) in [5, 5.41) is 0.454. The lowest BCUT2D eigenvalue weighted by Gasteiger charge is -2.08. The van der Waals surface area contributed by atoms with E-state index in [1.165, 1.54) is 0 Å². The molecule has 0 amide bonds. The van der Waals surface area contributed by atoms with Gasteiger partial charge in [0.25, 0.3) is 0 Å². The Balaban J connectivity index is 1.84. The summed E-state index contributed by atoms with van der Waals surface area (Å²) < 4.78 is 16.2. The average molecular weight is 308 g/mol. The smallest absolute Gasteiger partial charge is 0.231 e. The van der Waals surface area contributed by atoms with Crippen molar-refractivity contribution in [1.29, 1.82) is 0 Å². The Morgan fingerprint density at radius 3 is 2.55 bits per heavy atom. The zero-order chi connectivity index (χ0) is 14.1. The summed E-state index contributed by atoms with van der Waals surface area (Å²) in [5.41, 5.74) is 6.18. The van der Waals surface area contributed by atoms with Crippen LogP contribution in [0.3, 0.4) is 0 Å². The van der Waals surface area contributed by atoms with Gasteiger partial charge in [-0.2, -0.15) is 0 Å². The van der Waals surface area contributed by atoms with E-state index in [4.69, 9.17) is 43.8 Å². The number of thiocarbonyl (C=S) groups is 1. The van der Waals surface area contributed by atoms with Crippen LogP contribution in [0.1, 0.15) is 5.56 Å². The number of hydrogen-bond acceptors (Lipinski definition) is 4. The number of halogens is 1. The molecular formula is C14H10ClNO3S. The predicted molar refractivity (Wildman–Crippen MR) is 80.0 cm³/mol. The summed E-state index contributed by atoms with van der Waals surface area (Å²) in [4.78, 5) is 0.254. The second-order valence-corrected chi connectivity index (χ2v) is 4.97. The number of nitrogens with two attached hydrogens (primary N) is 1. The van der Waals surface area contributed by atoms with Gasteiger partial charge in [-0.05, 0) is 24.3 Å². The summed E-state index contributed by atoms with van der Waals surface area (Å²) in [5.74, 6) is 2.59. The van der Waals surface area contributed by atoms with Crippen LogP contribution in [0, 0.1) is 0 Å². The summed E-state index contributed by atoms with van der Waals surface area (Å²) in [6, 6.07) is 10.5. The van der Waals surface area contributed by atoms with Crippen molar-refractivity contribution in [3.63, 3.8) is 0 Å². The fourth-order valence-electron chi connectivity index (χ4n) is 1.84. The average Bonchev–Trinajstić information content (AvgIpc) is 2.85.